The van der Waals surface area contributed by atoms with Crippen molar-refractivity contribution < 1.29 is 4.42 Å². The second-order valence-electron chi connectivity index (χ2n) is 3.95. The van der Waals surface area contributed by atoms with E-state index in [9.17, 15) is 0 Å². The average Bonchev–Trinajstić information content (AvgIpc) is 3.07. The first kappa shape index (κ1) is 11.9. The first-order chi connectivity index (χ1) is 9.34. The second-order valence-corrected chi connectivity index (χ2v) is 5.46. The third-order valence-electron chi connectivity index (χ3n) is 2.70. The van der Waals surface area contributed by atoms with Crippen molar-refractivity contribution in [1.82, 2.24) is 4.98 Å². The lowest BCUT2D eigenvalue weighted by molar-refractivity contribution is 0.602. The number of hydrogen-bond donors (Lipinski definition) is 0. The maximum absolute atomic E-state index is 5.01. The highest BCUT2D eigenvalue weighted by atomic mass is 32.2. The maximum atomic E-state index is 5.01. The predicted molar refractivity (Wildman–Crippen MR) is 81.6 cm³/mol. The standard InChI is InChI=1S/C8H7NS.C7H5NO/c1-10-6-9-7-4-2-3-5-8(7)10;1-2-4-7-6(3-1)8-5-9-7/h2-6H,1H2;1-5H. The molecule has 0 saturated carbocycles. The summed E-state index contributed by atoms with van der Waals surface area (Å²) in [4.78, 5) is 9.42. The molecule has 1 aliphatic heterocycles. The quantitative estimate of drug-likeness (QED) is 0.572. The van der Waals surface area contributed by atoms with E-state index in [0.29, 0.717) is 0 Å². The van der Waals surface area contributed by atoms with Crippen LogP contribution in [0.2, 0.25) is 0 Å². The van der Waals surface area contributed by atoms with Gasteiger partial charge in [0.1, 0.15) is 5.52 Å². The zero-order valence-corrected chi connectivity index (χ0v) is 11.0. The molecule has 2 aromatic carbocycles. The summed E-state index contributed by atoms with van der Waals surface area (Å²) >= 11 is 0. The first-order valence-corrected chi connectivity index (χ1v) is 7.24. The van der Waals surface area contributed by atoms with Crippen LogP contribution in [0, 0.1) is 0 Å². The number of para-hydroxylation sites is 3. The Morgan fingerprint density at radius 1 is 1.00 bits per heavy atom. The van der Waals surface area contributed by atoms with E-state index < -0.39 is 0 Å². The molecule has 3 aromatic rings. The van der Waals surface area contributed by atoms with Gasteiger partial charge < -0.3 is 4.42 Å². The molecule has 0 spiro atoms. The van der Waals surface area contributed by atoms with Crippen LogP contribution in [0.25, 0.3) is 11.1 Å². The Bertz CT molecular complexity index is 731. The van der Waals surface area contributed by atoms with Crippen molar-refractivity contribution in [2.75, 3.05) is 0 Å². The summed E-state index contributed by atoms with van der Waals surface area (Å²) < 4.78 is 5.01. The highest BCUT2D eigenvalue weighted by Crippen LogP contribution is 2.37. The summed E-state index contributed by atoms with van der Waals surface area (Å²) in [6.45, 7) is 0. The first-order valence-electron chi connectivity index (χ1n) is 5.79. The van der Waals surface area contributed by atoms with Crippen LogP contribution in [0.5, 0.6) is 0 Å². The number of fused-ring (bicyclic) bond motifs is 2. The molecule has 3 nitrogen and oxygen atoms in total. The molecule has 0 amide bonds. The fraction of sp³-hybridized carbons (Fsp3) is 0. The number of aromatic nitrogens is 1. The van der Waals surface area contributed by atoms with Crippen molar-refractivity contribution in [3.8, 4) is 0 Å². The molecule has 1 aliphatic rings. The summed E-state index contributed by atoms with van der Waals surface area (Å²) in [7, 11) is 0.0106. The van der Waals surface area contributed by atoms with Gasteiger partial charge in [0.25, 0.3) is 0 Å². The van der Waals surface area contributed by atoms with Crippen molar-refractivity contribution >= 4 is 38.7 Å². The Labute approximate surface area is 113 Å². The second kappa shape index (κ2) is 5.20. The van der Waals surface area contributed by atoms with Gasteiger partial charge in [-0.2, -0.15) is 0 Å². The van der Waals surface area contributed by atoms with E-state index in [2.05, 4.69) is 21.9 Å². The summed E-state index contributed by atoms with van der Waals surface area (Å²) in [5.41, 5.74) is 4.75. The summed E-state index contributed by atoms with van der Waals surface area (Å²) in [6.07, 6.45) is 1.45. The topological polar surface area (TPSA) is 38.4 Å². The fourth-order valence-electron chi connectivity index (χ4n) is 1.77. The van der Waals surface area contributed by atoms with Gasteiger partial charge in [-0.05, 0) is 24.3 Å². The lowest BCUT2D eigenvalue weighted by Crippen LogP contribution is -1.66. The molecule has 19 heavy (non-hydrogen) atoms. The highest BCUT2D eigenvalue weighted by molar-refractivity contribution is 8.26. The van der Waals surface area contributed by atoms with Crippen molar-refractivity contribution in [3.63, 3.8) is 0 Å². The lowest BCUT2D eigenvalue weighted by atomic mass is 10.3. The van der Waals surface area contributed by atoms with Gasteiger partial charge in [-0.15, -0.1) is 10.5 Å². The van der Waals surface area contributed by atoms with E-state index in [1.807, 2.05) is 48.0 Å². The monoisotopic (exact) mass is 268 g/mol. The number of rotatable bonds is 0. The SMILES string of the molecule is C=S1C=Nc2ccccc21.c1ccc2ocnc2c1. The van der Waals surface area contributed by atoms with Gasteiger partial charge in [-0.1, -0.05) is 30.1 Å². The minimum absolute atomic E-state index is 0.0106. The van der Waals surface area contributed by atoms with Crippen LogP contribution in [0.3, 0.4) is 0 Å². The molecule has 0 bridgehead atoms. The van der Waals surface area contributed by atoms with Crippen LogP contribution < -0.4 is 0 Å². The van der Waals surface area contributed by atoms with E-state index in [1.54, 1.807) is 0 Å². The van der Waals surface area contributed by atoms with Gasteiger partial charge in [0.2, 0.25) is 0 Å². The van der Waals surface area contributed by atoms with Gasteiger partial charge in [0.05, 0.1) is 11.2 Å². The van der Waals surface area contributed by atoms with Crippen LogP contribution in [-0.4, -0.2) is 16.4 Å². The molecule has 0 N–H and O–H groups in total. The average molecular weight is 268 g/mol. The maximum Gasteiger partial charge on any atom is 0.181 e. The highest BCUT2D eigenvalue weighted by Gasteiger charge is 2.05. The minimum atomic E-state index is 0.0106. The summed E-state index contributed by atoms with van der Waals surface area (Å²) in [5, 5.41) is 0. The van der Waals surface area contributed by atoms with Gasteiger partial charge in [0.15, 0.2) is 12.0 Å². The molecular weight excluding hydrogens is 256 g/mol. The van der Waals surface area contributed by atoms with Crippen molar-refractivity contribution in [1.29, 1.82) is 0 Å². The normalized spacial score (nSPS) is 15.9. The van der Waals surface area contributed by atoms with Crippen LogP contribution in [0.1, 0.15) is 0 Å². The van der Waals surface area contributed by atoms with E-state index in [0.717, 1.165) is 16.8 Å². The fourth-order valence-corrected chi connectivity index (χ4v) is 2.76. The molecular formula is C15H12N2OS. The van der Waals surface area contributed by atoms with E-state index in [-0.39, 0.29) is 10.5 Å². The Balaban J connectivity index is 0.000000117. The molecule has 0 saturated heterocycles. The zero-order chi connectivity index (χ0) is 13.1. The van der Waals surface area contributed by atoms with E-state index in [1.165, 1.54) is 11.3 Å². The number of nitrogens with zero attached hydrogens (tertiary/aromatic N) is 2. The Kier molecular flexibility index (Phi) is 3.25. The molecule has 0 radical (unpaired) electrons. The minimum Gasteiger partial charge on any atom is -0.443 e. The number of benzene rings is 2. The smallest absolute Gasteiger partial charge is 0.181 e. The molecule has 1 aromatic heterocycles. The Hall–Kier alpha value is -2.20. The lowest BCUT2D eigenvalue weighted by Gasteiger charge is -1.94. The summed E-state index contributed by atoms with van der Waals surface area (Å²) in [6, 6.07) is 15.8. The number of hydrogen-bond acceptors (Lipinski definition) is 3. The van der Waals surface area contributed by atoms with Crippen LogP contribution in [0.4, 0.5) is 5.69 Å². The van der Waals surface area contributed by atoms with Gasteiger partial charge in [0, 0.05) is 4.90 Å². The predicted octanol–water partition coefficient (Wildman–Crippen LogP) is 4.25. The van der Waals surface area contributed by atoms with E-state index in [4.69, 9.17) is 4.42 Å². The van der Waals surface area contributed by atoms with Gasteiger partial charge >= 0.3 is 0 Å². The van der Waals surface area contributed by atoms with Crippen molar-refractivity contribution in [2.45, 2.75) is 4.90 Å². The Morgan fingerprint density at radius 2 is 1.79 bits per heavy atom. The molecule has 2 heterocycles. The van der Waals surface area contributed by atoms with Crippen LogP contribution >= 0.6 is 10.5 Å². The van der Waals surface area contributed by atoms with Crippen LogP contribution in [-0.2, 0) is 0 Å². The number of oxazole rings is 1. The van der Waals surface area contributed by atoms with Crippen molar-refractivity contribution in [2.24, 2.45) is 4.99 Å². The third-order valence-corrected chi connectivity index (χ3v) is 3.97. The summed E-state index contributed by atoms with van der Waals surface area (Å²) in [5.74, 6) is 3.96. The van der Waals surface area contributed by atoms with Crippen molar-refractivity contribution in [3.05, 3.63) is 54.9 Å². The molecule has 4 rings (SSSR count). The van der Waals surface area contributed by atoms with Gasteiger partial charge in [-0.3, -0.25) is 0 Å². The van der Waals surface area contributed by atoms with E-state index >= 15 is 0 Å². The largest absolute Gasteiger partial charge is 0.443 e. The number of aliphatic imine (C=N–C) groups is 1. The third kappa shape index (κ3) is 2.48. The van der Waals surface area contributed by atoms with Gasteiger partial charge in [-0.25, -0.2) is 9.98 Å². The Morgan fingerprint density at radius 3 is 2.63 bits per heavy atom. The van der Waals surface area contributed by atoms with Crippen LogP contribution in [0.15, 0.2) is 69.2 Å². The molecule has 94 valence electrons. The molecule has 4 heteroatoms. The molecule has 1 atom stereocenters. The zero-order valence-electron chi connectivity index (χ0n) is 10.2. The molecule has 0 fully saturated rings. The molecule has 1 unspecified atom stereocenters. The molecule has 0 aliphatic carbocycles.